The number of fused-ring (bicyclic) bond motifs is 2. The van der Waals surface area contributed by atoms with Crippen molar-refractivity contribution in [3.05, 3.63) is 74.2 Å². The number of aromatic nitrogens is 1. The predicted octanol–water partition coefficient (Wildman–Crippen LogP) is 4.79. The molecule has 0 unspecified atom stereocenters. The van der Waals surface area contributed by atoms with Crippen molar-refractivity contribution in [2.45, 2.75) is 44.1 Å². The number of carbonyl (C=O) groups excluding carboxylic acids is 3. The van der Waals surface area contributed by atoms with Crippen molar-refractivity contribution in [3.8, 4) is 5.75 Å². The lowest BCUT2D eigenvalue weighted by atomic mass is 9.94. The maximum atomic E-state index is 13.4. The number of amides is 3. The fourth-order valence-electron chi connectivity index (χ4n) is 4.75. The number of nitrogens with zero attached hydrogens (tertiary/aromatic N) is 2. The van der Waals surface area contributed by atoms with Gasteiger partial charge in [0.05, 0.1) is 39.7 Å². The first-order valence-corrected chi connectivity index (χ1v) is 14.1. The van der Waals surface area contributed by atoms with Crippen molar-refractivity contribution in [3.63, 3.8) is 0 Å². The van der Waals surface area contributed by atoms with Crippen LogP contribution in [-0.2, 0) is 16.1 Å². The summed E-state index contributed by atoms with van der Waals surface area (Å²) in [5.41, 5.74) is 3.57. The number of rotatable bonds is 6. The van der Waals surface area contributed by atoms with Crippen molar-refractivity contribution in [2.24, 2.45) is 0 Å². The average Bonchev–Trinajstić information content (AvgIpc) is 3.47. The van der Waals surface area contributed by atoms with E-state index in [0.29, 0.717) is 52.1 Å². The summed E-state index contributed by atoms with van der Waals surface area (Å²) in [6, 6.07) is 9.97. The smallest absolute Gasteiger partial charge is 0.275 e. The van der Waals surface area contributed by atoms with Gasteiger partial charge in [0.25, 0.3) is 11.8 Å². The molecule has 9 nitrogen and oxygen atoms in total. The first-order valence-electron chi connectivity index (χ1n) is 12.4. The molecule has 1 fully saturated rings. The molecule has 2 aliphatic heterocycles. The summed E-state index contributed by atoms with van der Waals surface area (Å²) < 4.78 is 12.3. The van der Waals surface area contributed by atoms with E-state index in [1.807, 2.05) is 6.07 Å². The number of likely N-dealkylation sites (N-methyl/N-ethyl adjacent to an activating group) is 1. The monoisotopic (exact) mass is 588 g/mol. The molecule has 12 heteroatoms. The lowest BCUT2D eigenvalue weighted by Crippen LogP contribution is -2.53. The van der Waals surface area contributed by atoms with Crippen LogP contribution in [0, 0.1) is 0 Å². The number of hydrogen-bond acceptors (Lipinski definition) is 7. The minimum absolute atomic E-state index is 0.140. The number of ether oxygens (including phenoxy) is 2. The first kappa shape index (κ1) is 27.4. The highest BCUT2D eigenvalue weighted by molar-refractivity contribution is 7.07. The Bertz CT molecular complexity index is 1390. The molecule has 0 radical (unpaired) electrons. The van der Waals surface area contributed by atoms with Crippen LogP contribution in [-0.4, -0.2) is 59.5 Å². The molecule has 0 spiro atoms. The van der Waals surface area contributed by atoms with E-state index in [2.05, 4.69) is 15.6 Å². The van der Waals surface area contributed by atoms with Crippen LogP contribution in [0.15, 0.2) is 47.3 Å². The largest absolute Gasteiger partial charge is 0.490 e. The van der Waals surface area contributed by atoms with Gasteiger partial charge in [-0.25, -0.2) is 4.98 Å². The Morgan fingerprint density at radius 1 is 1.15 bits per heavy atom. The molecule has 0 bridgehead atoms. The third-order valence-corrected chi connectivity index (χ3v) is 8.15. The third-order valence-electron chi connectivity index (χ3n) is 6.82. The van der Waals surface area contributed by atoms with E-state index in [1.54, 1.807) is 53.2 Å². The normalized spacial score (nSPS) is 20.6. The number of hydrogen-bond donors (Lipinski definition) is 2. The molecule has 204 valence electrons. The second kappa shape index (κ2) is 11.9. The molecule has 3 aromatic rings. The average molecular weight is 590 g/mol. The lowest BCUT2D eigenvalue weighted by molar-refractivity contribution is -0.134. The molecule has 1 aromatic heterocycles. The summed E-state index contributed by atoms with van der Waals surface area (Å²) in [4.78, 5) is 44.1. The van der Waals surface area contributed by atoms with E-state index in [1.165, 1.54) is 11.3 Å². The highest BCUT2D eigenvalue weighted by Gasteiger charge is 2.39. The van der Waals surface area contributed by atoms with Crippen LogP contribution < -0.4 is 15.4 Å². The highest BCUT2D eigenvalue weighted by atomic mass is 35.5. The van der Waals surface area contributed by atoms with Gasteiger partial charge in [0.15, 0.2) is 0 Å². The van der Waals surface area contributed by atoms with Crippen LogP contribution in [0.4, 0.5) is 5.69 Å². The fraction of sp³-hybridized carbons (Fsp3) is 0.333. The summed E-state index contributed by atoms with van der Waals surface area (Å²) in [5.74, 6) is -0.317. The van der Waals surface area contributed by atoms with Crippen LogP contribution in [0.2, 0.25) is 10.0 Å². The van der Waals surface area contributed by atoms with Crippen LogP contribution in [0.5, 0.6) is 5.75 Å². The molecule has 5 rings (SSSR count). The van der Waals surface area contributed by atoms with Gasteiger partial charge in [-0.1, -0.05) is 29.3 Å². The maximum absolute atomic E-state index is 13.4. The Kier molecular flexibility index (Phi) is 8.37. The van der Waals surface area contributed by atoms with E-state index in [9.17, 15) is 14.4 Å². The van der Waals surface area contributed by atoms with Gasteiger partial charge >= 0.3 is 0 Å². The molecular formula is C27H26Cl2N4O5S. The van der Waals surface area contributed by atoms with Crippen molar-refractivity contribution in [1.29, 1.82) is 0 Å². The van der Waals surface area contributed by atoms with Crippen LogP contribution in [0.1, 0.15) is 45.7 Å². The van der Waals surface area contributed by atoms with E-state index < -0.39 is 6.10 Å². The van der Waals surface area contributed by atoms with Gasteiger partial charge in [0.1, 0.15) is 24.2 Å². The summed E-state index contributed by atoms with van der Waals surface area (Å²) in [5, 5.41) is 8.22. The number of benzene rings is 2. The minimum Gasteiger partial charge on any atom is -0.490 e. The summed E-state index contributed by atoms with van der Waals surface area (Å²) in [7, 11) is 1.74. The lowest BCUT2D eigenvalue weighted by Gasteiger charge is -2.42. The summed E-state index contributed by atoms with van der Waals surface area (Å²) in [6.07, 6.45) is 0.791. The zero-order valence-electron chi connectivity index (χ0n) is 21.0. The van der Waals surface area contributed by atoms with Crippen LogP contribution >= 0.6 is 34.5 Å². The number of nitrogens with one attached hydrogen (secondary N) is 2. The molecule has 3 amide bonds. The highest BCUT2D eigenvalue weighted by Crippen LogP contribution is 2.32. The number of thiazole rings is 1. The maximum Gasteiger partial charge on any atom is 0.275 e. The second-order valence-corrected chi connectivity index (χ2v) is 11.0. The topological polar surface area (TPSA) is 110 Å². The Balaban J connectivity index is 1.20. The molecule has 0 aliphatic carbocycles. The van der Waals surface area contributed by atoms with E-state index in [4.69, 9.17) is 32.7 Å². The number of halogens is 2. The van der Waals surface area contributed by atoms with Gasteiger partial charge in [0, 0.05) is 24.7 Å². The Labute approximate surface area is 239 Å². The zero-order valence-corrected chi connectivity index (χ0v) is 23.3. The zero-order chi connectivity index (χ0) is 27.5. The first-order chi connectivity index (χ1) is 18.8. The van der Waals surface area contributed by atoms with Gasteiger partial charge in [-0.05, 0) is 48.7 Å². The molecule has 2 N–H and O–H groups in total. The van der Waals surface area contributed by atoms with Crippen LogP contribution in [0.3, 0.4) is 0 Å². The number of anilines is 1. The fourth-order valence-corrected chi connectivity index (χ4v) is 5.61. The van der Waals surface area contributed by atoms with E-state index >= 15 is 0 Å². The minimum atomic E-state index is -0.391. The second-order valence-electron chi connectivity index (χ2n) is 9.44. The Morgan fingerprint density at radius 3 is 2.77 bits per heavy atom. The summed E-state index contributed by atoms with van der Waals surface area (Å²) in [6.45, 7) is 0.555. The van der Waals surface area contributed by atoms with Gasteiger partial charge in [0.2, 0.25) is 5.91 Å². The Morgan fingerprint density at radius 2 is 2.00 bits per heavy atom. The van der Waals surface area contributed by atoms with Crippen LogP contribution in [0.25, 0.3) is 0 Å². The Hall–Kier alpha value is -3.18. The molecule has 1 saturated heterocycles. The third kappa shape index (κ3) is 6.36. The van der Waals surface area contributed by atoms with Crippen molar-refractivity contribution < 1.29 is 23.9 Å². The standard InChI is InChI=1S/C27H26Cl2N4O5S/c1-33-22-6-4-17(10-25(34)30-11-15-2-5-19(28)20(29)8-15)38-24(22)12-37-23-7-3-16(9-18(23)27(33)36)32-26(35)21-13-39-14-31-21/h2-3,5,7-9,13-14,17,22,24H,4,6,10-12H2,1H3,(H,30,34)(H,32,35)/t17-,22-,24+/m0/s1. The van der Waals surface area contributed by atoms with Crippen molar-refractivity contribution in [1.82, 2.24) is 15.2 Å². The predicted molar refractivity (Wildman–Crippen MR) is 149 cm³/mol. The molecule has 2 aliphatic rings. The molecule has 39 heavy (non-hydrogen) atoms. The SMILES string of the molecule is CN1C(=O)c2cc(NC(=O)c3cscn3)ccc2OC[C@H]2O[C@H](CC(=O)NCc3ccc(Cl)c(Cl)c3)CC[C@@H]21. The summed E-state index contributed by atoms with van der Waals surface area (Å²) >= 11 is 13.3. The molecule has 2 aromatic carbocycles. The van der Waals surface area contributed by atoms with Gasteiger partial charge in [-0.15, -0.1) is 11.3 Å². The van der Waals surface area contributed by atoms with E-state index in [0.717, 1.165) is 5.56 Å². The van der Waals surface area contributed by atoms with Gasteiger partial charge < -0.3 is 25.0 Å². The molecule has 3 atom stereocenters. The van der Waals surface area contributed by atoms with Crippen molar-refractivity contribution in [2.75, 3.05) is 19.0 Å². The number of carbonyl (C=O) groups is 3. The molecular weight excluding hydrogens is 563 g/mol. The quantitative estimate of drug-likeness (QED) is 0.428. The van der Waals surface area contributed by atoms with Gasteiger partial charge in [-0.2, -0.15) is 0 Å². The van der Waals surface area contributed by atoms with Crippen molar-refractivity contribution >= 4 is 57.9 Å². The molecule has 3 heterocycles. The molecule has 0 saturated carbocycles. The van der Waals surface area contributed by atoms with Gasteiger partial charge in [-0.3, -0.25) is 14.4 Å². The van der Waals surface area contributed by atoms with E-state index in [-0.39, 0.29) is 42.9 Å².